The monoisotopic (exact) mass is 234 g/mol. The van der Waals surface area contributed by atoms with E-state index in [0.29, 0.717) is 6.04 Å². The highest BCUT2D eigenvalue weighted by Crippen LogP contribution is 2.37. The Kier molecular flexibility index (Phi) is 2.73. The molecule has 0 aromatic carbocycles. The van der Waals surface area contributed by atoms with Crippen LogP contribution < -0.4 is 10.2 Å². The van der Waals surface area contributed by atoms with Crippen molar-refractivity contribution < 1.29 is 0 Å². The number of rotatable bonds is 2. The molecular formula is C13H22N4. The lowest BCUT2D eigenvalue weighted by Gasteiger charge is -2.41. The Labute approximate surface area is 103 Å². The fraction of sp³-hybridized carbons (Fsp3) is 0.769. The molecule has 1 fully saturated rings. The molecule has 0 spiro atoms. The summed E-state index contributed by atoms with van der Waals surface area (Å²) in [5, 5.41) is 8.30. The SMILES string of the molecule is CCCc1nn(C)c2c1NCC1CCCCN21. The van der Waals surface area contributed by atoms with Gasteiger partial charge in [0.25, 0.3) is 0 Å². The second kappa shape index (κ2) is 4.24. The van der Waals surface area contributed by atoms with Crippen LogP contribution >= 0.6 is 0 Å². The standard InChI is InChI=1S/C13H22N4/c1-3-6-11-12-13(16(2)15-11)17-8-5-4-7-10(17)9-14-12/h10,14H,3-9H2,1-2H3. The number of anilines is 2. The molecule has 1 aromatic rings. The summed E-state index contributed by atoms with van der Waals surface area (Å²) in [6.45, 7) is 4.51. The third-order valence-corrected chi connectivity index (χ3v) is 3.99. The van der Waals surface area contributed by atoms with Gasteiger partial charge in [0, 0.05) is 26.2 Å². The van der Waals surface area contributed by atoms with E-state index in [-0.39, 0.29) is 0 Å². The Morgan fingerprint density at radius 1 is 1.41 bits per heavy atom. The maximum Gasteiger partial charge on any atom is 0.150 e. The van der Waals surface area contributed by atoms with E-state index in [1.165, 1.54) is 43.0 Å². The first-order valence-electron chi connectivity index (χ1n) is 6.87. The van der Waals surface area contributed by atoms with E-state index in [2.05, 4.69) is 34.0 Å². The molecule has 0 bridgehead atoms. The lowest BCUT2D eigenvalue weighted by Crippen LogP contribution is -2.47. The summed E-state index contributed by atoms with van der Waals surface area (Å²) in [7, 11) is 2.08. The second-order valence-electron chi connectivity index (χ2n) is 5.24. The van der Waals surface area contributed by atoms with Gasteiger partial charge in [-0.05, 0) is 25.7 Å². The predicted molar refractivity (Wildman–Crippen MR) is 70.7 cm³/mol. The summed E-state index contributed by atoms with van der Waals surface area (Å²) in [4.78, 5) is 2.57. The summed E-state index contributed by atoms with van der Waals surface area (Å²) in [6, 6.07) is 0.682. The normalized spacial score (nSPS) is 22.9. The van der Waals surface area contributed by atoms with Crippen LogP contribution in [0.3, 0.4) is 0 Å². The van der Waals surface area contributed by atoms with Gasteiger partial charge in [0.15, 0.2) is 5.82 Å². The molecule has 2 aliphatic heterocycles. The Morgan fingerprint density at radius 2 is 2.29 bits per heavy atom. The Morgan fingerprint density at radius 3 is 3.12 bits per heavy atom. The van der Waals surface area contributed by atoms with E-state index >= 15 is 0 Å². The highest BCUT2D eigenvalue weighted by molar-refractivity contribution is 5.72. The molecule has 94 valence electrons. The van der Waals surface area contributed by atoms with Gasteiger partial charge in [-0.1, -0.05) is 13.3 Å². The van der Waals surface area contributed by atoms with Crippen LogP contribution in [0.25, 0.3) is 0 Å². The van der Waals surface area contributed by atoms with Gasteiger partial charge in [-0.15, -0.1) is 0 Å². The summed E-state index contributed by atoms with van der Waals surface area (Å²) >= 11 is 0. The van der Waals surface area contributed by atoms with Crippen LogP contribution in [0.2, 0.25) is 0 Å². The van der Waals surface area contributed by atoms with E-state index in [9.17, 15) is 0 Å². The van der Waals surface area contributed by atoms with Crippen molar-refractivity contribution >= 4 is 11.5 Å². The van der Waals surface area contributed by atoms with Crippen LogP contribution in [-0.4, -0.2) is 28.9 Å². The minimum absolute atomic E-state index is 0.682. The minimum atomic E-state index is 0.682. The first-order chi connectivity index (χ1) is 8.31. The van der Waals surface area contributed by atoms with Crippen molar-refractivity contribution in [3.8, 4) is 0 Å². The zero-order chi connectivity index (χ0) is 11.8. The molecule has 0 radical (unpaired) electrons. The number of piperidine rings is 1. The molecule has 1 saturated heterocycles. The highest BCUT2D eigenvalue weighted by atomic mass is 15.4. The lowest BCUT2D eigenvalue weighted by molar-refractivity contribution is 0.456. The highest BCUT2D eigenvalue weighted by Gasteiger charge is 2.32. The maximum absolute atomic E-state index is 4.69. The first-order valence-corrected chi connectivity index (χ1v) is 6.87. The smallest absolute Gasteiger partial charge is 0.150 e. The topological polar surface area (TPSA) is 33.1 Å². The fourth-order valence-corrected chi connectivity index (χ4v) is 3.20. The quantitative estimate of drug-likeness (QED) is 0.851. The number of aromatic nitrogens is 2. The molecule has 4 nitrogen and oxygen atoms in total. The molecular weight excluding hydrogens is 212 g/mol. The molecule has 3 heterocycles. The van der Waals surface area contributed by atoms with Gasteiger partial charge < -0.3 is 10.2 Å². The number of hydrogen-bond donors (Lipinski definition) is 1. The summed E-state index contributed by atoms with van der Waals surface area (Å²) in [5.74, 6) is 1.32. The van der Waals surface area contributed by atoms with Crippen LogP contribution in [0.5, 0.6) is 0 Å². The molecule has 17 heavy (non-hydrogen) atoms. The third-order valence-electron chi connectivity index (χ3n) is 3.99. The van der Waals surface area contributed by atoms with Crippen LogP contribution in [0.15, 0.2) is 0 Å². The zero-order valence-corrected chi connectivity index (χ0v) is 10.9. The van der Waals surface area contributed by atoms with E-state index in [1.54, 1.807) is 0 Å². The molecule has 4 heteroatoms. The van der Waals surface area contributed by atoms with Crippen molar-refractivity contribution in [1.82, 2.24) is 9.78 Å². The van der Waals surface area contributed by atoms with Crippen molar-refractivity contribution in [2.75, 3.05) is 23.3 Å². The molecule has 3 rings (SSSR count). The van der Waals surface area contributed by atoms with Gasteiger partial charge in [0.1, 0.15) is 5.69 Å². The minimum Gasteiger partial charge on any atom is -0.378 e. The summed E-state index contributed by atoms with van der Waals surface area (Å²) < 4.78 is 2.07. The maximum atomic E-state index is 4.69. The average Bonchev–Trinajstić information content (AvgIpc) is 2.67. The molecule has 1 aromatic heterocycles. The van der Waals surface area contributed by atoms with E-state index < -0.39 is 0 Å². The van der Waals surface area contributed by atoms with Crippen LogP contribution in [0, 0.1) is 0 Å². The largest absolute Gasteiger partial charge is 0.378 e. The van der Waals surface area contributed by atoms with Gasteiger partial charge in [-0.25, -0.2) is 0 Å². The summed E-state index contributed by atoms with van der Waals surface area (Å²) in [6.07, 6.45) is 6.26. The average molecular weight is 234 g/mol. The van der Waals surface area contributed by atoms with Gasteiger partial charge in [-0.3, -0.25) is 4.68 Å². The molecule has 1 unspecified atom stereocenters. The van der Waals surface area contributed by atoms with Gasteiger partial charge in [0.2, 0.25) is 0 Å². The molecule has 0 amide bonds. The number of nitrogens with zero attached hydrogens (tertiary/aromatic N) is 3. The summed E-state index contributed by atoms with van der Waals surface area (Å²) in [5.41, 5.74) is 2.54. The molecule has 2 aliphatic rings. The van der Waals surface area contributed by atoms with E-state index in [0.717, 1.165) is 19.4 Å². The van der Waals surface area contributed by atoms with Crippen LogP contribution in [-0.2, 0) is 13.5 Å². The van der Waals surface area contributed by atoms with E-state index in [1.807, 2.05) is 0 Å². The van der Waals surface area contributed by atoms with Gasteiger partial charge >= 0.3 is 0 Å². The van der Waals surface area contributed by atoms with Crippen molar-refractivity contribution in [3.05, 3.63) is 5.69 Å². The first kappa shape index (κ1) is 10.9. The molecule has 1 N–H and O–H groups in total. The van der Waals surface area contributed by atoms with Crippen LogP contribution in [0.1, 0.15) is 38.3 Å². The zero-order valence-electron chi connectivity index (χ0n) is 10.9. The third kappa shape index (κ3) is 1.70. The number of nitrogens with one attached hydrogen (secondary N) is 1. The second-order valence-corrected chi connectivity index (χ2v) is 5.24. The molecule has 0 saturated carbocycles. The number of hydrogen-bond acceptors (Lipinski definition) is 3. The molecule has 1 atom stereocenters. The van der Waals surface area contributed by atoms with Crippen molar-refractivity contribution in [3.63, 3.8) is 0 Å². The number of aryl methyl sites for hydroxylation is 2. The van der Waals surface area contributed by atoms with Crippen molar-refractivity contribution in [2.45, 2.75) is 45.1 Å². The Balaban J connectivity index is 1.98. The number of fused-ring (bicyclic) bond motifs is 3. The molecule has 0 aliphatic carbocycles. The van der Waals surface area contributed by atoms with Gasteiger partial charge in [0.05, 0.1) is 5.69 Å². The fourth-order valence-electron chi connectivity index (χ4n) is 3.20. The lowest BCUT2D eigenvalue weighted by atomic mass is 9.99. The Bertz CT molecular complexity index is 410. The van der Waals surface area contributed by atoms with Crippen molar-refractivity contribution in [1.29, 1.82) is 0 Å². The van der Waals surface area contributed by atoms with Crippen LogP contribution in [0.4, 0.5) is 11.5 Å². The van der Waals surface area contributed by atoms with Crippen molar-refractivity contribution in [2.24, 2.45) is 7.05 Å². The Hall–Kier alpha value is -1.19. The predicted octanol–water partition coefficient (Wildman–Crippen LogP) is 2.16. The van der Waals surface area contributed by atoms with Gasteiger partial charge in [-0.2, -0.15) is 5.10 Å². The van der Waals surface area contributed by atoms with E-state index in [4.69, 9.17) is 0 Å².